The van der Waals surface area contributed by atoms with E-state index < -0.39 is 0 Å². The molecule has 0 aromatic rings. The van der Waals surface area contributed by atoms with Crippen molar-refractivity contribution < 1.29 is 0 Å². The summed E-state index contributed by atoms with van der Waals surface area (Å²) in [6.07, 6.45) is 43.5. The van der Waals surface area contributed by atoms with Crippen LogP contribution in [0.5, 0.6) is 0 Å². The summed E-state index contributed by atoms with van der Waals surface area (Å²) in [7, 11) is 0. The highest BCUT2D eigenvalue weighted by Crippen LogP contribution is 2.63. The summed E-state index contributed by atoms with van der Waals surface area (Å²) in [6.45, 7) is 29.0. The van der Waals surface area contributed by atoms with Gasteiger partial charge in [0.15, 0.2) is 0 Å². The van der Waals surface area contributed by atoms with Gasteiger partial charge in [-0.1, -0.05) is 154 Å². The fraction of sp³-hybridized carbons (Fsp3) is 1.00. The molecule has 0 saturated heterocycles. The molecule has 0 radical (unpaired) electrons. The molecule has 0 heterocycles. The second-order valence-corrected chi connectivity index (χ2v) is 26.5. The maximum atomic E-state index is 2.58. The Morgan fingerprint density at radius 3 is 0.691 bits per heavy atom. The van der Waals surface area contributed by atoms with Crippen LogP contribution in [0.15, 0.2) is 0 Å². The maximum absolute atomic E-state index is 2.58. The van der Waals surface area contributed by atoms with Crippen LogP contribution in [0.1, 0.15) is 269 Å². The van der Waals surface area contributed by atoms with Crippen molar-refractivity contribution in [3.05, 3.63) is 0 Å². The molecule has 55 heavy (non-hydrogen) atoms. The van der Waals surface area contributed by atoms with Crippen LogP contribution in [-0.4, -0.2) is 0 Å². The molecule has 12 rings (SSSR count). The molecule has 0 nitrogen and oxygen atoms in total. The smallest absolute Gasteiger partial charge is 0.0271 e. The van der Waals surface area contributed by atoms with Gasteiger partial charge in [-0.25, -0.2) is 0 Å². The zero-order valence-electron chi connectivity index (χ0n) is 40.1. The fourth-order valence-electron chi connectivity index (χ4n) is 14.9. The van der Waals surface area contributed by atoms with Crippen LogP contribution in [0.4, 0.5) is 0 Å². The van der Waals surface area contributed by atoms with Gasteiger partial charge in [-0.05, 0) is 195 Å². The zero-order valence-corrected chi connectivity index (χ0v) is 40.1. The van der Waals surface area contributed by atoms with E-state index in [0.29, 0.717) is 27.1 Å². The van der Waals surface area contributed by atoms with Crippen LogP contribution in [-0.2, 0) is 0 Å². The molecule has 0 amide bonds. The molecule has 0 atom stereocenters. The van der Waals surface area contributed by atoms with E-state index in [9.17, 15) is 0 Å². The molecule has 0 N–H and O–H groups in total. The predicted octanol–water partition coefficient (Wildman–Crippen LogP) is 18.5. The Hall–Kier alpha value is 0. The second kappa shape index (κ2) is 19.1. The summed E-state index contributed by atoms with van der Waals surface area (Å²) in [5, 5.41) is 0. The minimum absolute atomic E-state index is 0.679. The van der Waals surface area contributed by atoms with Gasteiger partial charge in [0.05, 0.1) is 0 Å². The van der Waals surface area contributed by atoms with Crippen LogP contribution in [0.25, 0.3) is 0 Å². The first kappa shape index (κ1) is 46.1. The Bertz CT molecular complexity index is 995. The normalized spacial score (nSPS) is 41.0. The molecule has 0 heteroatoms. The van der Waals surface area contributed by atoms with E-state index in [0.717, 1.165) is 52.8 Å². The highest BCUT2D eigenvalue weighted by molar-refractivity contribution is 5.04. The van der Waals surface area contributed by atoms with Crippen molar-refractivity contribution in [1.29, 1.82) is 0 Å². The molecule has 8 bridgehead atoms. The molecule has 0 aromatic carbocycles. The first-order valence-corrected chi connectivity index (χ1v) is 25.7. The van der Waals surface area contributed by atoms with Crippen molar-refractivity contribution in [2.45, 2.75) is 269 Å². The van der Waals surface area contributed by atoms with Crippen molar-refractivity contribution in [2.24, 2.45) is 79.8 Å². The van der Waals surface area contributed by atoms with Gasteiger partial charge in [0, 0.05) is 0 Å². The van der Waals surface area contributed by atoms with Crippen molar-refractivity contribution in [1.82, 2.24) is 0 Å². The zero-order chi connectivity index (χ0) is 40.1. The van der Waals surface area contributed by atoms with Gasteiger partial charge in [0.2, 0.25) is 0 Å². The standard InChI is InChI=1S/C13H22.C12H20.2C8H16.2C7H14/c1-3-13(2)11-5-9-4-10(7-11)8-12(13)6-9;1-12(2)10-4-8-3-9(6-10)7-11(12)5-8;2*1-8(2)6-4-3-5-7-8;2*1-7(2)5-3-4-6-7/h9-12H,3-8H2,1-2H3;8-11H,3-7H2,1-2H3;2*3-7H2,1-2H3;2*3-6H2,1-2H3. The highest BCUT2D eigenvalue weighted by Gasteiger charge is 2.54. The van der Waals surface area contributed by atoms with Gasteiger partial charge in [0.1, 0.15) is 0 Å². The Kier molecular flexibility index (Phi) is 16.0. The minimum Gasteiger partial charge on any atom is -0.0648 e. The summed E-state index contributed by atoms with van der Waals surface area (Å²) in [5.74, 6) is 8.95. The van der Waals surface area contributed by atoms with E-state index in [4.69, 9.17) is 0 Å². The summed E-state index contributed by atoms with van der Waals surface area (Å²) in [6, 6.07) is 0. The van der Waals surface area contributed by atoms with Crippen molar-refractivity contribution in [2.75, 3.05) is 0 Å². The van der Waals surface area contributed by atoms with Crippen LogP contribution in [0.2, 0.25) is 0 Å². The number of rotatable bonds is 1. The van der Waals surface area contributed by atoms with Crippen molar-refractivity contribution in [3.8, 4) is 0 Å². The Labute approximate surface area is 347 Å². The average Bonchev–Trinajstić information content (AvgIpc) is 3.72. The number of hydrogen-bond acceptors (Lipinski definition) is 0. The SMILES string of the molecule is CC1(C)C2CC3CC(C2)CC1C3.CC1(C)CCCC1.CC1(C)CCCC1.CC1(C)CCCCC1.CC1(C)CCCCC1.CCC1(C)C2CC3CC(C2)CC1C3. The van der Waals surface area contributed by atoms with Gasteiger partial charge < -0.3 is 0 Å². The topological polar surface area (TPSA) is 0 Å². The fourth-order valence-corrected chi connectivity index (χ4v) is 14.9. The third kappa shape index (κ3) is 13.2. The van der Waals surface area contributed by atoms with Gasteiger partial charge in [-0.3, -0.25) is 0 Å². The van der Waals surface area contributed by atoms with E-state index in [1.54, 1.807) is 64.2 Å². The lowest BCUT2D eigenvalue weighted by Crippen LogP contribution is -2.51. The van der Waals surface area contributed by atoms with E-state index in [2.05, 4.69) is 83.1 Å². The average molecular weight is 763 g/mol. The molecule has 12 fully saturated rings. The first-order chi connectivity index (χ1) is 25.7. The van der Waals surface area contributed by atoms with Gasteiger partial charge >= 0.3 is 0 Å². The van der Waals surface area contributed by atoms with Crippen LogP contribution >= 0.6 is 0 Å². The second-order valence-electron chi connectivity index (χ2n) is 26.5. The molecule has 12 aliphatic carbocycles. The monoisotopic (exact) mass is 763 g/mol. The third-order valence-electron chi connectivity index (χ3n) is 19.3. The van der Waals surface area contributed by atoms with Crippen LogP contribution in [0, 0.1) is 79.8 Å². The first-order valence-electron chi connectivity index (χ1n) is 25.7. The molecule has 12 aliphatic rings. The number of hydrogen-bond donors (Lipinski definition) is 0. The molecular weight excluding hydrogens is 661 g/mol. The summed E-state index contributed by atoms with van der Waals surface area (Å²) in [5.41, 5.74) is 4.19. The van der Waals surface area contributed by atoms with E-state index in [1.165, 1.54) is 122 Å². The predicted molar refractivity (Wildman–Crippen MR) is 244 cm³/mol. The lowest BCUT2D eigenvalue weighted by molar-refractivity contribution is -0.1000. The summed E-state index contributed by atoms with van der Waals surface area (Å²) in [4.78, 5) is 0. The Morgan fingerprint density at radius 1 is 0.291 bits per heavy atom. The Morgan fingerprint density at radius 2 is 0.509 bits per heavy atom. The highest BCUT2D eigenvalue weighted by atomic mass is 14.6. The van der Waals surface area contributed by atoms with Gasteiger partial charge in [-0.2, -0.15) is 0 Å². The third-order valence-corrected chi connectivity index (χ3v) is 19.3. The van der Waals surface area contributed by atoms with Crippen LogP contribution < -0.4 is 0 Å². The molecule has 0 aromatic heterocycles. The summed E-state index contributed by atoms with van der Waals surface area (Å²) < 4.78 is 0. The van der Waals surface area contributed by atoms with Crippen molar-refractivity contribution >= 4 is 0 Å². The quantitative estimate of drug-likeness (QED) is 0.250. The van der Waals surface area contributed by atoms with Gasteiger partial charge in [-0.15, -0.1) is 0 Å². The van der Waals surface area contributed by atoms with E-state index in [1.807, 2.05) is 0 Å². The maximum Gasteiger partial charge on any atom is -0.0271 e. The largest absolute Gasteiger partial charge is 0.0648 e. The molecular formula is C55H102. The van der Waals surface area contributed by atoms with Crippen molar-refractivity contribution in [3.63, 3.8) is 0 Å². The summed E-state index contributed by atoms with van der Waals surface area (Å²) >= 11 is 0. The van der Waals surface area contributed by atoms with Gasteiger partial charge in [0.25, 0.3) is 0 Å². The Balaban J connectivity index is 0.000000129. The minimum atomic E-state index is 0.679. The molecule has 0 unspecified atom stereocenters. The van der Waals surface area contributed by atoms with Crippen LogP contribution in [0.3, 0.4) is 0 Å². The molecule has 12 saturated carbocycles. The lowest BCUT2D eigenvalue weighted by atomic mass is 9.45. The molecule has 0 spiro atoms. The lowest BCUT2D eigenvalue weighted by Gasteiger charge is -2.60. The molecule has 322 valence electrons. The molecule has 0 aliphatic heterocycles. The van der Waals surface area contributed by atoms with E-state index >= 15 is 0 Å². The van der Waals surface area contributed by atoms with E-state index in [-0.39, 0.29) is 0 Å².